The van der Waals surface area contributed by atoms with E-state index in [0.29, 0.717) is 12.2 Å². The molecule has 0 unspecified atom stereocenters. The lowest BCUT2D eigenvalue weighted by Crippen LogP contribution is -2.01. The summed E-state index contributed by atoms with van der Waals surface area (Å²) in [4.78, 5) is 10.7. The van der Waals surface area contributed by atoms with E-state index in [1.54, 1.807) is 13.0 Å². The number of allylic oxidation sites excluding steroid dienone is 2. The SMILES string of the molecule is C/C=C(\C)OC(=O)CCC. The van der Waals surface area contributed by atoms with Crippen molar-refractivity contribution in [3.63, 3.8) is 0 Å². The lowest BCUT2D eigenvalue weighted by molar-refractivity contribution is -0.139. The molecule has 0 aliphatic carbocycles. The summed E-state index contributed by atoms with van der Waals surface area (Å²) in [7, 11) is 0. The van der Waals surface area contributed by atoms with Gasteiger partial charge in [-0.1, -0.05) is 6.92 Å². The second-order valence-corrected chi connectivity index (χ2v) is 2.12. The molecule has 0 rings (SSSR count). The molecule has 0 aromatic carbocycles. The summed E-state index contributed by atoms with van der Waals surface area (Å²) < 4.78 is 4.86. The van der Waals surface area contributed by atoms with Gasteiger partial charge in [-0.05, 0) is 26.3 Å². The Bertz CT molecular complexity index is 136. The zero-order valence-corrected chi connectivity index (χ0v) is 6.81. The maximum Gasteiger partial charge on any atom is 0.310 e. The minimum absolute atomic E-state index is 0.141. The van der Waals surface area contributed by atoms with E-state index < -0.39 is 0 Å². The van der Waals surface area contributed by atoms with Gasteiger partial charge in [0.2, 0.25) is 0 Å². The number of ether oxygens (including phenoxy) is 1. The molecule has 0 bridgehead atoms. The summed E-state index contributed by atoms with van der Waals surface area (Å²) in [5.41, 5.74) is 0. The zero-order valence-electron chi connectivity index (χ0n) is 6.81. The maximum atomic E-state index is 10.7. The standard InChI is InChI=1S/C8H14O2/c1-4-6-8(9)10-7(3)5-2/h5H,4,6H2,1-3H3/b7-5+. The van der Waals surface area contributed by atoms with E-state index in [1.807, 2.05) is 13.8 Å². The third-order valence-corrected chi connectivity index (χ3v) is 1.14. The van der Waals surface area contributed by atoms with Gasteiger partial charge in [-0.25, -0.2) is 0 Å². The summed E-state index contributed by atoms with van der Waals surface area (Å²) in [6.45, 7) is 5.56. The van der Waals surface area contributed by atoms with Crippen molar-refractivity contribution >= 4 is 5.97 Å². The first-order chi connectivity index (χ1) is 4.70. The van der Waals surface area contributed by atoms with E-state index in [9.17, 15) is 4.79 Å². The molecule has 0 fully saturated rings. The van der Waals surface area contributed by atoms with Gasteiger partial charge >= 0.3 is 5.97 Å². The zero-order chi connectivity index (χ0) is 7.98. The molecule has 0 amide bonds. The molecule has 0 N–H and O–H groups in total. The Hall–Kier alpha value is -0.790. The van der Waals surface area contributed by atoms with Crippen molar-refractivity contribution in [2.75, 3.05) is 0 Å². The molecule has 0 aromatic rings. The van der Waals surface area contributed by atoms with Gasteiger partial charge in [-0.15, -0.1) is 0 Å². The van der Waals surface area contributed by atoms with E-state index in [-0.39, 0.29) is 5.97 Å². The number of carbonyl (C=O) groups is 1. The fourth-order valence-corrected chi connectivity index (χ4v) is 0.494. The molecule has 0 atom stereocenters. The fraction of sp³-hybridized carbons (Fsp3) is 0.625. The van der Waals surface area contributed by atoms with Crippen LogP contribution in [0.2, 0.25) is 0 Å². The summed E-state index contributed by atoms with van der Waals surface area (Å²) in [6, 6.07) is 0. The van der Waals surface area contributed by atoms with Crippen molar-refractivity contribution in [1.29, 1.82) is 0 Å². The Morgan fingerprint density at radius 2 is 2.20 bits per heavy atom. The smallest absolute Gasteiger partial charge is 0.310 e. The Morgan fingerprint density at radius 3 is 2.60 bits per heavy atom. The van der Waals surface area contributed by atoms with Crippen molar-refractivity contribution in [1.82, 2.24) is 0 Å². The van der Waals surface area contributed by atoms with Gasteiger partial charge in [0.05, 0.1) is 0 Å². The predicted molar refractivity (Wildman–Crippen MR) is 40.4 cm³/mol. The van der Waals surface area contributed by atoms with E-state index in [2.05, 4.69) is 0 Å². The van der Waals surface area contributed by atoms with Crippen LogP contribution in [0, 0.1) is 0 Å². The molecule has 0 saturated carbocycles. The molecule has 2 heteroatoms. The van der Waals surface area contributed by atoms with Crippen LogP contribution in [-0.2, 0) is 9.53 Å². The highest BCUT2D eigenvalue weighted by molar-refractivity contribution is 5.70. The van der Waals surface area contributed by atoms with Crippen LogP contribution in [0.4, 0.5) is 0 Å². The molecule has 0 spiro atoms. The minimum Gasteiger partial charge on any atom is -0.432 e. The molecule has 2 nitrogen and oxygen atoms in total. The topological polar surface area (TPSA) is 26.3 Å². The van der Waals surface area contributed by atoms with Crippen LogP contribution in [-0.4, -0.2) is 5.97 Å². The first-order valence-electron chi connectivity index (χ1n) is 3.54. The fourth-order valence-electron chi connectivity index (χ4n) is 0.494. The summed E-state index contributed by atoms with van der Waals surface area (Å²) in [5, 5.41) is 0. The maximum absolute atomic E-state index is 10.7. The molecule has 0 aliphatic rings. The lowest BCUT2D eigenvalue weighted by atomic mass is 10.3. The molecule has 58 valence electrons. The van der Waals surface area contributed by atoms with Gasteiger partial charge in [-0.3, -0.25) is 4.79 Å². The second-order valence-electron chi connectivity index (χ2n) is 2.12. The van der Waals surface area contributed by atoms with Crippen molar-refractivity contribution in [2.24, 2.45) is 0 Å². The number of hydrogen-bond donors (Lipinski definition) is 0. The van der Waals surface area contributed by atoms with Gasteiger partial charge in [0.25, 0.3) is 0 Å². The monoisotopic (exact) mass is 142 g/mol. The highest BCUT2D eigenvalue weighted by atomic mass is 16.5. The van der Waals surface area contributed by atoms with Crippen LogP contribution in [0.3, 0.4) is 0 Å². The van der Waals surface area contributed by atoms with Crippen molar-refractivity contribution in [2.45, 2.75) is 33.6 Å². The molecular formula is C8H14O2. The lowest BCUT2D eigenvalue weighted by Gasteiger charge is -2.00. The average molecular weight is 142 g/mol. The Morgan fingerprint density at radius 1 is 1.60 bits per heavy atom. The van der Waals surface area contributed by atoms with E-state index >= 15 is 0 Å². The molecule has 0 aliphatic heterocycles. The highest BCUT2D eigenvalue weighted by Gasteiger charge is 1.99. The predicted octanol–water partition coefficient (Wildman–Crippen LogP) is 2.25. The Balaban J connectivity index is 3.58. The van der Waals surface area contributed by atoms with Crippen LogP contribution in [0.15, 0.2) is 11.8 Å². The summed E-state index contributed by atoms with van der Waals surface area (Å²) in [5.74, 6) is 0.538. The van der Waals surface area contributed by atoms with Crippen molar-refractivity contribution < 1.29 is 9.53 Å². The number of esters is 1. The van der Waals surface area contributed by atoms with E-state index in [4.69, 9.17) is 4.74 Å². The summed E-state index contributed by atoms with van der Waals surface area (Å²) >= 11 is 0. The van der Waals surface area contributed by atoms with E-state index in [0.717, 1.165) is 6.42 Å². The third-order valence-electron chi connectivity index (χ3n) is 1.14. The van der Waals surface area contributed by atoms with Gasteiger partial charge in [0.1, 0.15) is 5.76 Å². The highest BCUT2D eigenvalue weighted by Crippen LogP contribution is 1.99. The quantitative estimate of drug-likeness (QED) is 0.446. The molecule has 0 radical (unpaired) electrons. The largest absolute Gasteiger partial charge is 0.432 e. The molecular weight excluding hydrogens is 128 g/mol. The summed E-state index contributed by atoms with van der Waals surface area (Å²) in [6.07, 6.45) is 3.12. The van der Waals surface area contributed by atoms with Crippen LogP contribution >= 0.6 is 0 Å². The first-order valence-corrected chi connectivity index (χ1v) is 3.54. The van der Waals surface area contributed by atoms with Crippen molar-refractivity contribution in [3.8, 4) is 0 Å². The van der Waals surface area contributed by atoms with Crippen molar-refractivity contribution in [3.05, 3.63) is 11.8 Å². The number of hydrogen-bond acceptors (Lipinski definition) is 2. The molecule has 0 saturated heterocycles. The molecule has 0 heterocycles. The minimum atomic E-state index is -0.141. The normalized spacial score (nSPS) is 11.3. The average Bonchev–Trinajstić information content (AvgIpc) is 1.88. The molecule has 0 aromatic heterocycles. The van der Waals surface area contributed by atoms with Crippen LogP contribution in [0.25, 0.3) is 0 Å². The van der Waals surface area contributed by atoms with Crippen LogP contribution in [0.1, 0.15) is 33.6 Å². The molecule has 10 heavy (non-hydrogen) atoms. The second kappa shape index (κ2) is 5.03. The number of carbonyl (C=O) groups excluding carboxylic acids is 1. The van der Waals surface area contributed by atoms with Gasteiger partial charge in [0.15, 0.2) is 0 Å². The Labute approximate surface area is 61.9 Å². The van der Waals surface area contributed by atoms with E-state index in [1.165, 1.54) is 0 Å². The number of rotatable bonds is 3. The first kappa shape index (κ1) is 9.21. The van der Waals surface area contributed by atoms with Gasteiger partial charge in [-0.2, -0.15) is 0 Å². The van der Waals surface area contributed by atoms with Crippen LogP contribution in [0.5, 0.6) is 0 Å². The van der Waals surface area contributed by atoms with Gasteiger partial charge < -0.3 is 4.74 Å². The Kier molecular flexibility index (Phi) is 4.63. The van der Waals surface area contributed by atoms with Gasteiger partial charge in [0, 0.05) is 6.42 Å². The van der Waals surface area contributed by atoms with Crippen LogP contribution < -0.4 is 0 Å². The third kappa shape index (κ3) is 4.13.